The lowest BCUT2D eigenvalue weighted by molar-refractivity contribution is 0.0738. The maximum Gasteiger partial charge on any atom is 0.319 e. The minimum Gasteiger partial charge on any atom is -0.463 e. The first-order valence-electron chi connectivity index (χ1n) is 16.6. The van der Waals surface area contributed by atoms with Gasteiger partial charge in [-0.2, -0.15) is 27.0 Å². The normalized spacial score (nSPS) is 22.5. The molecule has 2 saturated heterocycles. The number of nitriles is 1. The SMILES string of the molecule is C=Nc1sc2c(F)ccc(-c3ncc4c(NCC5(N(C)C)CCC5)nc(OCC5(CN6C7CCC6CSC7)CC5)nc4c3F)c2c1C#N. The van der Waals surface area contributed by atoms with Crippen molar-refractivity contribution in [2.45, 2.75) is 62.6 Å². The van der Waals surface area contributed by atoms with Crippen LogP contribution >= 0.6 is 23.1 Å². The first-order chi connectivity index (χ1) is 23.2. The molecule has 4 aromatic rings. The number of ether oxygens (including phenoxy) is 1. The fraction of sp³-hybridized carbons (Fsp3) is 0.514. The Hall–Kier alpha value is -3.44. The minimum atomic E-state index is -0.687. The Morgan fingerprint density at radius 3 is 2.58 bits per heavy atom. The number of likely N-dealkylation sites (N-methyl/N-ethyl adjacent to an activating group) is 1. The quantitative estimate of drug-likeness (QED) is 0.167. The number of nitrogens with zero attached hydrogens (tertiary/aromatic N) is 7. The van der Waals surface area contributed by atoms with Gasteiger partial charge in [-0.3, -0.25) is 14.9 Å². The Kier molecular flexibility index (Phi) is 8.06. The van der Waals surface area contributed by atoms with Gasteiger partial charge in [0.05, 0.1) is 22.3 Å². The van der Waals surface area contributed by atoms with Crippen LogP contribution in [0.2, 0.25) is 0 Å². The average Bonchev–Trinajstić information content (AvgIpc) is 3.67. The molecule has 2 saturated carbocycles. The summed E-state index contributed by atoms with van der Waals surface area (Å²) in [5.74, 6) is 1.66. The summed E-state index contributed by atoms with van der Waals surface area (Å²) in [5, 5.41) is 14.4. The molecule has 0 spiro atoms. The van der Waals surface area contributed by atoms with E-state index in [-0.39, 0.29) is 54.4 Å². The van der Waals surface area contributed by atoms with Gasteiger partial charge in [0.2, 0.25) is 0 Å². The van der Waals surface area contributed by atoms with E-state index in [1.807, 2.05) is 0 Å². The van der Waals surface area contributed by atoms with E-state index in [2.05, 4.69) is 68.7 Å². The molecule has 4 fully saturated rings. The van der Waals surface area contributed by atoms with Crippen molar-refractivity contribution in [2.75, 3.05) is 50.6 Å². The van der Waals surface area contributed by atoms with Gasteiger partial charge in [0, 0.05) is 64.8 Å². The molecule has 4 aliphatic rings. The van der Waals surface area contributed by atoms with Crippen molar-refractivity contribution in [3.8, 4) is 23.3 Å². The van der Waals surface area contributed by atoms with Crippen LogP contribution in [-0.4, -0.2) is 94.4 Å². The van der Waals surface area contributed by atoms with Crippen molar-refractivity contribution in [1.82, 2.24) is 24.8 Å². The van der Waals surface area contributed by atoms with Gasteiger partial charge >= 0.3 is 6.01 Å². The molecule has 2 atom stereocenters. The molecule has 8 rings (SSSR count). The Balaban J connectivity index is 1.17. The zero-order chi connectivity index (χ0) is 33.2. The van der Waals surface area contributed by atoms with Crippen LogP contribution in [0.3, 0.4) is 0 Å². The van der Waals surface area contributed by atoms with Gasteiger partial charge in [0.15, 0.2) is 5.82 Å². The fourth-order valence-corrected chi connectivity index (χ4v) is 10.1. The zero-order valence-corrected chi connectivity index (χ0v) is 28.8. The van der Waals surface area contributed by atoms with Crippen LogP contribution in [0.5, 0.6) is 6.01 Å². The van der Waals surface area contributed by atoms with Gasteiger partial charge in [-0.15, -0.1) is 11.3 Å². The van der Waals surface area contributed by atoms with E-state index in [4.69, 9.17) is 9.72 Å². The lowest BCUT2D eigenvalue weighted by atomic mass is 9.75. The molecule has 2 aliphatic carbocycles. The largest absolute Gasteiger partial charge is 0.463 e. The fourth-order valence-electron chi connectivity index (χ4n) is 7.71. The molecule has 1 aromatic carbocycles. The molecule has 2 unspecified atom stereocenters. The second-order valence-electron chi connectivity index (χ2n) is 14.1. The van der Waals surface area contributed by atoms with E-state index in [9.17, 15) is 9.65 Å². The monoisotopic (exact) mass is 688 g/mol. The predicted octanol–water partition coefficient (Wildman–Crippen LogP) is 7.02. The number of hydrogen-bond donors (Lipinski definition) is 1. The molecular weight excluding hydrogens is 651 g/mol. The van der Waals surface area contributed by atoms with Crippen molar-refractivity contribution < 1.29 is 13.5 Å². The summed E-state index contributed by atoms with van der Waals surface area (Å²) >= 11 is 3.08. The summed E-state index contributed by atoms with van der Waals surface area (Å²) in [4.78, 5) is 22.8. The van der Waals surface area contributed by atoms with Gasteiger partial charge < -0.3 is 15.0 Å². The maximum absolute atomic E-state index is 16.8. The smallest absolute Gasteiger partial charge is 0.319 e. The number of benzene rings is 1. The van der Waals surface area contributed by atoms with Gasteiger partial charge in [0.25, 0.3) is 0 Å². The van der Waals surface area contributed by atoms with Crippen LogP contribution in [0, 0.1) is 28.4 Å². The number of halogens is 2. The number of hydrogen-bond acceptors (Lipinski definition) is 11. The Labute approximate surface area is 286 Å². The number of aliphatic imine (C=N–C) groups is 1. The van der Waals surface area contributed by atoms with Crippen LogP contribution in [-0.2, 0) is 0 Å². The minimum absolute atomic E-state index is 0.0163. The van der Waals surface area contributed by atoms with Gasteiger partial charge in [-0.05, 0) is 77.9 Å². The number of thioether (sulfide) groups is 1. The summed E-state index contributed by atoms with van der Waals surface area (Å²) in [6, 6.07) is 6.23. The molecule has 0 amide bonds. The maximum atomic E-state index is 16.8. The standard InChI is InChI=1S/C35H38F2N8OS2/c1-39-32-23(13-38)26-22(7-8-25(36)30(26)48-32)28-27(37)29-24(14-40-28)31(41-17-35(44(2)3)9-4-10-35)43-33(42-29)46-19-34(11-12-34)18-45-20-5-6-21(45)16-47-15-20/h7-8,14,20-21H,1,4-6,9-12,15-19H2,2-3H3,(H,41,42,43). The third kappa shape index (κ3) is 5.32. The third-order valence-corrected chi connectivity index (χ3v) is 13.5. The highest BCUT2D eigenvalue weighted by Crippen LogP contribution is 2.50. The Morgan fingerprint density at radius 2 is 1.94 bits per heavy atom. The molecule has 3 aromatic heterocycles. The third-order valence-electron chi connectivity index (χ3n) is 11.1. The first-order valence-corrected chi connectivity index (χ1v) is 18.6. The molecule has 1 N–H and O–H groups in total. The molecule has 2 aliphatic heterocycles. The molecule has 250 valence electrons. The number of thiophene rings is 1. The van der Waals surface area contributed by atoms with E-state index in [0.717, 1.165) is 50.0 Å². The lowest BCUT2D eigenvalue weighted by Crippen LogP contribution is -2.54. The van der Waals surface area contributed by atoms with E-state index in [1.165, 1.54) is 36.5 Å². The van der Waals surface area contributed by atoms with E-state index < -0.39 is 11.6 Å². The van der Waals surface area contributed by atoms with Gasteiger partial charge in [0.1, 0.15) is 33.9 Å². The summed E-state index contributed by atoms with van der Waals surface area (Å²) in [7, 11) is 4.17. The average molecular weight is 689 g/mol. The molecule has 13 heteroatoms. The number of rotatable bonds is 11. The van der Waals surface area contributed by atoms with Crippen molar-refractivity contribution >= 4 is 61.6 Å². The van der Waals surface area contributed by atoms with Crippen molar-refractivity contribution in [3.63, 3.8) is 0 Å². The number of aromatic nitrogens is 3. The molecule has 0 radical (unpaired) electrons. The van der Waals surface area contributed by atoms with Crippen molar-refractivity contribution in [1.29, 1.82) is 5.26 Å². The van der Waals surface area contributed by atoms with E-state index >= 15 is 4.39 Å². The summed E-state index contributed by atoms with van der Waals surface area (Å²) in [6.07, 6.45) is 9.54. The zero-order valence-electron chi connectivity index (χ0n) is 27.2. The molecule has 2 bridgehead atoms. The van der Waals surface area contributed by atoms with Crippen LogP contribution in [0.4, 0.5) is 19.6 Å². The Bertz CT molecular complexity index is 1950. The molecule has 48 heavy (non-hydrogen) atoms. The van der Waals surface area contributed by atoms with Crippen LogP contribution in [0.1, 0.15) is 50.5 Å². The Morgan fingerprint density at radius 1 is 1.17 bits per heavy atom. The molecular formula is C35H38F2N8OS2. The van der Waals surface area contributed by atoms with Crippen molar-refractivity contribution in [2.24, 2.45) is 10.4 Å². The van der Waals surface area contributed by atoms with Gasteiger partial charge in [-0.1, -0.05) is 0 Å². The predicted molar refractivity (Wildman–Crippen MR) is 189 cm³/mol. The number of anilines is 1. The van der Waals surface area contributed by atoms with Crippen LogP contribution < -0.4 is 10.1 Å². The highest BCUT2D eigenvalue weighted by Gasteiger charge is 2.49. The van der Waals surface area contributed by atoms with E-state index in [1.54, 1.807) is 6.20 Å². The van der Waals surface area contributed by atoms with E-state index in [0.29, 0.717) is 36.4 Å². The van der Waals surface area contributed by atoms with Crippen LogP contribution in [0.15, 0.2) is 23.3 Å². The number of pyridine rings is 1. The topological polar surface area (TPSA) is 103 Å². The second kappa shape index (κ2) is 12.2. The van der Waals surface area contributed by atoms with Crippen molar-refractivity contribution in [3.05, 3.63) is 35.5 Å². The second-order valence-corrected chi connectivity index (χ2v) is 16.2. The van der Waals surface area contributed by atoms with Crippen LogP contribution in [0.25, 0.3) is 32.2 Å². The lowest BCUT2D eigenvalue weighted by Gasteiger charge is -2.47. The first kappa shape index (κ1) is 31.8. The highest BCUT2D eigenvalue weighted by atomic mass is 32.2. The number of nitrogens with one attached hydrogen (secondary N) is 1. The summed E-state index contributed by atoms with van der Waals surface area (Å²) in [5.41, 5.74) is 0.493. The molecule has 5 heterocycles. The highest BCUT2D eigenvalue weighted by molar-refractivity contribution is 7.99. The molecule has 9 nitrogen and oxygen atoms in total. The summed E-state index contributed by atoms with van der Waals surface area (Å²) < 4.78 is 38.3. The number of fused-ring (bicyclic) bond motifs is 4. The summed E-state index contributed by atoms with van der Waals surface area (Å²) in [6.45, 7) is 5.65. The van der Waals surface area contributed by atoms with Gasteiger partial charge in [-0.25, -0.2) is 8.78 Å².